The first-order valence-corrected chi connectivity index (χ1v) is 5.95. The van der Waals surface area contributed by atoms with Crippen molar-refractivity contribution < 1.29 is 5.11 Å². The maximum Gasteiger partial charge on any atom is 0.143 e. The van der Waals surface area contributed by atoms with E-state index in [1.54, 1.807) is 5.51 Å². The number of halogens is 1. The molecule has 1 heterocycles. The Hall–Kier alpha value is -0.790. The minimum Gasteiger partial charge on any atom is -0.390 e. The zero-order valence-corrected chi connectivity index (χ0v) is 10.5. The first-order valence-electron chi connectivity index (χ1n) is 4.28. The summed E-state index contributed by atoms with van der Waals surface area (Å²) >= 11 is 4.66. The first kappa shape index (κ1) is 12.3. The fourth-order valence-electron chi connectivity index (χ4n) is 0.938. The highest BCUT2D eigenvalue weighted by Crippen LogP contribution is 2.30. The van der Waals surface area contributed by atoms with Crippen LogP contribution in [-0.4, -0.2) is 16.6 Å². The van der Waals surface area contributed by atoms with Crippen LogP contribution in [0, 0.1) is 5.53 Å². The number of rotatable bonds is 5. The molecule has 1 atom stereocenters. The van der Waals surface area contributed by atoms with Crippen LogP contribution < -0.4 is 5.32 Å². The summed E-state index contributed by atoms with van der Waals surface area (Å²) in [6.07, 6.45) is 0.547. The van der Waals surface area contributed by atoms with Crippen molar-refractivity contribution in [2.45, 2.75) is 13.0 Å². The standard InChI is InChI=1S/C8H11BrN4OS/c1-2-11-3-5(13-10)7(14)6-8(9)15-4-12-6/h3-4,7,10-11,14H,2H2,1H3/b5-3-,13-10?. The molecule has 1 aromatic heterocycles. The molecular weight excluding hydrogens is 280 g/mol. The summed E-state index contributed by atoms with van der Waals surface area (Å²) in [5, 5.41) is 16.0. The molecule has 0 bridgehead atoms. The van der Waals surface area contributed by atoms with Gasteiger partial charge in [0, 0.05) is 12.7 Å². The quantitative estimate of drug-likeness (QED) is 0.729. The van der Waals surface area contributed by atoms with Crippen molar-refractivity contribution in [3.05, 3.63) is 26.9 Å². The molecule has 0 amide bonds. The molecule has 0 radical (unpaired) electrons. The Labute approximate surface area is 99.9 Å². The van der Waals surface area contributed by atoms with Crippen LogP contribution in [0.5, 0.6) is 0 Å². The monoisotopic (exact) mass is 290 g/mol. The molecule has 5 nitrogen and oxygen atoms in total. The highest BCUT2D eigenvalue weighted by atomic mass is 79.9. The minimum absolute atomic E-state index is 0.239. The summed E-state index contributed by atoms with van der Waals surface area (Å²) in [6, 6.07) is 0. The van der Waals surface area contributed by atoms with Crippen molar-refractivity contribution >= 4 is 27.3 Å². The van der Waals surface area contributed by atoms with Gasteiger partial charge in [-0.15, -0.1) is 11.3 Å². The fraction of sp³-hybridized carbons (Fsp3) is 0.375. The van der Waals surface area contributed by atoms with Gasteiger partial charge in [-0.3, -0.25) is 0 Å². The van der Waals surface area contributed by atoms with Gasteiger partial charge in [-0.25, -0.2) is 10.5 Å². The third kappa shape index (κ3) is 3.08. The second kappa shape index (κ2) is 5.94. The number of thiazole rings is 1. The van der Waals surface area contributed by atoms with E-state index in [2.05, 4.69) is 31.3 Å². The molecule has 0 aliphatic carbocycles. The van der Waals surface area contributed by atoms with Gasteiger partial charge in [0.25, 0.3) is 0 Å². The smallest absolute Gasteiger partial charge is 0.143 e. The lowest BCUT2D eigenvalue weighted by Gasteiger charge is -2.08. The van der Waals surface area contributed by atoms with Crippen molar-refractivity contribution in [2.24, 2.45) is 5.11 Å². The van der Waals surface area contributed by atoms with Crippen LogP contribution >= 0.6 is 27.3 Å². The molecule has 0 fully saturated rings. The molecule has 0 aromatic carbocycles. The van der Waals surface area contributed by atoms with Crippen LogP contribution in [0.2, 0.25) is 0 Å². The van der Waals surface area contributed by atoms with Crippen LogP contribution in [-0.2, 0) is 0 Å². The summed E-state index contributed by atoms with van der Waals surface area (Å²) in [5.74, 6) is 0. The van der Waals surface area contributed by atoms with Crippen LogP contribution in [0.1, 0.15) is 18.7 Å². The Morgan fingerprint density at radius 2 is 2.67 bits per heavy atom. The maximum atomic E-state index is 9.87. The topological polar surface area (TPSA) is 81.4 Å². The van der Waals surface area contributed by atoms with E-state index in [0.29, 0.717) is 12.2 Å². The van der Waals surface area contributed by atoms with Gasteiger partial charge in [-0.1, -0.05) is 0 Å². The predicted octanol–water partition coefficient (Wildman–Crippen LogP) is 2.42. The number of aliphatic hydroxyl groups is 1. The molecule has 0 saturated carbocycles. The molecule has 7 heteroatoms. The fourth-order valence-corrected chi connectivity index (χ4v) is 2.05. The van der Waals surface area contributed by atoms with Gasteiger partial charge >= 0.3 is 0 Å². The molecule has 15 heavy (non-hydrogen) atoms. The van der Waals surface area contributed by atoms with Crippen LogP contribution in [0.3, 0.4) is 0 Å². The van der Waals surface area contributed by atoms with E-state index in [0.717, 1.165) is 3.79 Å². The molecule has 1 rings (SSSR count). The van der Waals surface area contributed by atoms with Crippen molar-refractivity contribution in [1.82, 2.24) is 10.3 Å². The number of nitrogens with zero attached hydrogens (tertiary/aromatic N) is 2. The Morgan fingerprint density at radius 1 is 1.93 bits per heavy atom. The van der Waals surface area contributed by atoms with E-state index in [4.69, 9.17) is 5.53 Å². The molecule has 0 aliphatic heterocycles. The van der Waals surface area contributed by atoms with E-state index >= 15 is 0 Å². The predicted molar refractivity (Wildman–Crippen MR) is 61.7 cm³/mol. The zero-order chi connectivity index (χ0) is 11.3. The third-order valence-electron chi connectivity index (χ3n) is 1.67. The highest BCUT2D eigenvalue weighted by Gasteiger charge is 2.18. The van der Waals surface area contributed by atoms with E-state index in [1.165, 1.54) is 17.5 Å². The summed E-state index contributed by atoms with van der Waals surface area (Å²) in [5.41, 5.74) is 9.31. The van der Waals surface area contributed by atoms with E-state index < -0.39 is 6.10 Å². The van der Waals surface area contributed by atoms with Crippen molar-refractivity contribution in [2.75, 3.05) is 6.54 Å². The summed E-state index contributed by atoms with van der Waals surface area (Å²) in [7, 11) is 0. The van der Waals surface area contributed by atoms with Gasteiger partial charge in [0.1, 0.15) is 17.5 Å². The number of aliphatic hydroxyl groups excluding tert-OH is 1. The van der Waals surface area contributed by atoms with E-state index in [9.17, 15) is 5.11 Å². The maximum absolute atomic E-state index is 9.87. The largest absolute Gasteiger partial charge is 0.390 e. The minimum atomic E-state index is -0.970. The number of aromatic nitrogens is 1. The molecule has 0 spiro atoms. The van der Waals surface area contributed by atoms with Gasteiger partial charge in [0.15, 0.2) is 0 Å². The second-order valence-corrected chi connectivity index (χ2v) is 4.83. The average molecular weight is 291 g/mol. The van der Waals surface area contributed by atoms with Crippen LogP contribution in [0.4, 0.5) is 0 Å². The van der Waals surface area contributed by atoms with Gasteiger partial charge < -0.3 is 10.4 Å². The molecule has 82 valence electrons. The van der Waals surface area contributed by atoms with Crippen molar-refractivity contribution in [3.8, 4) is 0 Å². The van der Waals surface area contributed by atoms with Crippen molar-refractivity contribution in [3.63, 3.8) is 0 Å². The van der Waals surface area contributed by atoms with Gasteiger partial charge in [-0.2, -0.15) is 5.11 Å². The SMILES string of the molecule is CCN/C=C(\N=N)C(O)c1ncsc1Br. The Bertz CT molecular complexity index is 365. The summed E-state index contributed by atoms with van der Waals surface area (Å²) in [6.45, 7) is 2.63. The Balaban J connectivity index is 2.86. The molecule has 1 aromatic rings. The van der Waals surface area contributed by atoms with E-state index in [-0.39, 0.29) is 5.70 Å². The molecular formula is C8H11BrN4OS. The number of nitrogens with one attached hydrogen (secondary N) is 2. The Kier molecular flexibility index (Phi) is 4.86. The van der Waals surface area contributed by atoms with E-state index in [1.807, 2.05) is 6.92 Å². The number of hydrogen-bond acceptors (Lipinski definition) is 6. The lowest BCUT2D eigenvalue weighted by Crippen LogP contribution is -2.08. The second-order valence-electron chi connectivity index (χ2n) is 2.65. The summed E-state index contributed by atoms with van der Waals surface area (Å²) < 4.78 is 0.751. The molecule has 3 N–H and O–H groups in total. The third-order valence-corrected chi connectivity index (χ3v) is 3.27. The van der Waals surface area contributed by atoms with Crippen LogP contribution in [0.15, 0.2) is 26.3 Å². The zero-order valence-electron chi connectivity index (χ0n) is 8.07. The molecule has 0 aliphatic rings. The molecule has 0 saturated heterocycles. The van der Waals surface area contributed by atoms with Gasteiger partial charge in [0.2, 0.25) is 0 Å². The highest BCUT2D eigenvalue weighted by molar-refractivity contribution is 9.11. The Morgan fingerprint density at radius 3 is 3.13 bits per heavy atom. The van der Waals surface area contributed by atoms with Crippen molar-refractivity contribution in [1.29, 1.82) is 5.53 Å². The lowest BCUT2D eigenvalue weighted by atomic mass is 10.2. The molecule has 1 unspecified atom stereocenters. The van der Waals surface area contributed by atoms with Gasteiger partial charge in [-0.05, 0) is 22.9 Å². The lowest BCUT2D eigenvalue weighted by molar-refractivity contribution is 0.207. The van der Waals surface area contributed by atoms with Crippen LogP contribution in [0.25, 0.3) is 0 Å². The first-order chi connectivity index (χ1) is 7.20. The van der Waals surface area contributed by atoms with Gasteiger partial charge in [0.05, 0.1) is 9.30 Å². The normalized spacial score (nSPS) is 13.7. The average Bonchev–Trinajstić information content (AvgIpc) is 2.65. The summed E-state index contributed by atoms with van der Waals surface area (Å²) in [4.78, 5) is 4.00. The number of hydrogen-bond donors (Lipinski definition) is 3.